The van der Waals surface area contributed by atoms with Crippen molar-refractivity contribution in [3.63, 3.8) is 0 Å². The van der Waals surface area contributed by atoms with Crippen molar-refractivity contribution >= 4 is 0 Å². The van der Waals surface area contributed by atoms with Crippen LogP contribution in [0.4, 0.5) is 0 Å². The summed E-state index contributed by atoms with van der Waals surface area (Å²) in [4.78, 5) is 0. The molecule has 31 heavy (non-hydrogen) atoms. The van der Waals surface area contributed by atoms with E-state index in [0.29, 0.717) is 29.2 Å². The third kappa shape index (κ3) is 2.51. The van der Waals surface area contributed by atoms with E-state index in [1.807, 2.05) is 60.7 Å². The molecule has 0 aromatic heterocycles. The molecule has 0 amide bonds. The largest absolute Gasteiger partial charge is 0.496 e. The van der Waals surface area contributed by atoms with Crippen molar-refractivity contribution in [1.82, 2.24) is 0 Å². The van der Waals surface area contributed by atoms with Gasteiger partial charge in [0.25, 0.3) is 0 Å². The summed E-state index contributed by atoms with van der Waals surface area (Å²) in [6.45, 7) is 0. The molecule has 5 nitrogen and oxygen atoms in total. The summed E-state index contributed by atoms with van der Waals surface area (Å²) in [5, 5.41) is 11.6. The van der Waals surface area contributed by atoms with Gasteiger partial charge in [-0.15, -0.1) is 0 Å². The molecular formula is C26H26O5. The minimum Gasteiger partial charge on any atom is -0.496 e. The van der Waals surface area contributed by atoms with Gasteiger partial charge in [-0.25, -0.2) is 0 Å². The average Bonchev–Trinajstić information content (AvgIpc) is 3.27. The molecule has 160 valence electrons. The lowest BCUT2D eigenvalue weighted by Gasteiger charge is -2.43. The summed E-state index contributed by atoms with van der Waals surface area (Å²) in [6, 6.07) is 23.9. The van der Waals surface area contributed by atoms with Crippen LogP contribution in [0.15, 0.2) is 72.8 Å². The van der Waals surface area contributed by atoms with Crippen LogP contribution in [0.1, 0.15) is 29.0 Å². The summed E-state index contributed by atoms with van der Waals surface area (Å²) in [6.07, 6.45) is -0.326. The van der Waals surface area contributed by atoms with E-state index in [4.69, 9.17) is 18.9 Å². The van der Waals surface area contributed by atoms with E-state index >= 15 is 0 Å². The third-order valence-electron chi connectivity index (χ3n) is 6.83. The molecule has 1 aliphatic heterocycles. The predicted octanol–water partition coefficient (Wildman–Crippen LogP) is 4.38. The first-order valence-electron chi connectivity index (χ1n) is 10.4. The Hall–Kier alpha value is -3.02. The first-order chi connectivity index (χ1) is 15.1. The summed E-state index contributed by atoms with van der Waals surface area (Å²) in [7, 11) is 4.85. The molecule has 5 heteroatoms. The molecule has 2 aliphatic rings. The number of methoxy groups -OCH3 is 3. The standard InChI is InChI=1S/C26H26O5/c1-28-19-14-21(29-2)24-22(15-19)31-25(18-12-8-5-9-13-18)20(17-10-6-4-7-11-17)16-23(27)26(24,25)30-3/h4-15,20,23,27H,16H2,1-3H3. The Bertz CT molecular complexity index is 1080. The molecule has 0 spiro atoms. The van der Waals surface area contributed by atoms with Crippen molar-refractivity contribution in [2.45, 2.75) is 29.6 Å². The third-order valence-corrected chi connectivity index (χ3v) is 6.83. The second-order valence-electron chi connectivity index (χ2n) is 8.06. The number of fused-ring (bicyclic) bond motifs is 3. The number of hydrogen-bond acceptors (Lipinski definition) is 5. The Morgan fingerprint density at radius 1 is 0.903 bits per heavy atom. The number of hydrogen-bond donors (Lipinski definition) is 1. The summed E-state index contributed by atoms with van der Waals surface area (Å²) in [5.74, 6) is 1.65. The second kappa shape index (κ2) is 7.29. The van der Waals surface area contributed by atoms with Gasteiger partial charge in [0, 0.05) is 25.2 Å². The highest BCUT2D eigenvalue weighted by Crippen LogP contribution is 2.69. The Balaban J connectivity index is 1.85. The smallest absolute Gasteiger partial charge is 0.177 e. The molecule has 5 rings (SSSR count). The minimum absolute atomic E-state index is 0.144. The quantitative estimate of drug-likeness (QED) is 0.666. The first kappa shape index (κ1) is 19.9. The number of benzene rings is 3. The van der Waals surface area contributed by atoms with Gasteiger partial charge in [0.05, 0.1) is 25.9 Å². The van der Waals surface area contributed by atoms with Crippen molar-refractivity contribution in [3.05, 3.63) is 89.5 Å². The maximum Gasteiger partial charge on any atom is 0.177 e. The van der Waals surface area contributed by atoms with Gasteiger partial charge in [0.1, 0.15) is 17.2 Å². The highest BCUT2D eigenvalue weighted by Gasteiger charge is 2.74. The molecule has 3 aromatic rings. The molecular weight excluding hydrogens is 392 g/mol. The maximum absolute atomic E-state index is 11.6. The van der Waals surface area contributed by atoms with Crippen molar-refractivity contribution < 1.29 is 24.1 Å². The van der Waals surface area contributed by atoms with Gasteiger partial charge in [-0.3, -0.25) is 0 Å². The van der Waals surface area contributed by atoms with Crippen LogP contribution >= 0.6 is 0 Å². The molecule has 0 saturated heterocycles. The molecule has 1 N–H and O–H groups in total. The zero-order chi connectivity index (χ0) is 21.6. The van der Waals surface area contributed by atoms with Crippen LogP contribution < -0.4 is 14.2 Å². The van der Waals surface area contributed by atoms with E-state index in [0.717, 1.165) is 11.1 Å². The molecule has 1 aliphatic carbocycles. The van der Waals surface area contributed by atoms with Crippen LogP contribution in [-0.4, -0.2) is 32.5 Å². The highest BCUT2D eigenvalue weighted by atomic mass is 16.6. The Labute approximate surface area is 182 Å². The van der Waals surface area contributed by atoms with Gasteiger partial charge in [0.15, 0.2) is 11.2 Å². The molecule has 4 unspecified atom stereocenters. The SMILES string of the molecule is COc1cc(OC)c2c(c1)OC1(c3ccccc3)C(c3ccccc3)CC(O)C21OC. The normalized spacial score (nSPS) is 28.5. The fraction of sp³-hybridized carbons (Fsp3) is 0.308. The first-order valence-corrected chi connectivity index (χ1v) is 10.4. The van der Waals surface area contributed by atoms with Crippen LogP contribution in [-0.2, 0) is 15.9 Å². The lowest BCUT2D eigenvalue weighted by molar-refractivity contribution is -0.170. The van der Waals surface area contributed by atoms with Crippen LogP contribution in [0.2, 0.25) is 0 Å². The molecule has 0 bridgehead atoms. The van der Waals surface area contributed by atoms with Crippen LogP contribution in [0, 0.1) is 0 Å². The number of aliphatic hydroxyl groups is 1. The summed E-state index contributed by atoms with van der Waals surface area (Å²) >= 11 is 0. The monoisotopic (exact) mass is 418 g/mol. The zero-order valence-electron chi connectivity index (χ0n) is 17.9. The predicted molar refractivity (Wildman–Crippen MR) is 117 cm³/mol. The van der Waals surface area contributed by atoms with E-state index in [-0.39, 0.29) is 5.92 Å². The van der Waals surface area contributed by atoms with E-state index in [1.54, 1.807) is 21.3 Å². The van der Waals surface area contributed by atoms with Crippen molar-refractivity contribution in [3.8, 4) is 17.2 Å². The zero-order valence-corrected chi connectivity index (χ0v) is 17.9. The molecule has 3 aromatic carbocycles. The maximum atomic E-state index is 11.6. The van der Waals surface area contributed by atoms with Crippen molar-refractivity contribution in [2.24, 2.45) is 0 Å². The van der Waals surface area contributed by atoms with E-state index in [1.165, 1.54) is 0 Å². The lowest BCUT2D eigenvalue weighted by atomic mass is 9.71. The fourth-order valence-electron chi connectivity index (χ4n) is 5.63. The summed E-state index contributed by atoms with van der Waals surface area (Å²) < 4.78 is 24.4. The summed E-state index contributed by atoms with van der Waals surface area (Å²) in [5.41, 5.74) is 0.615. The second-order valence-corrected chi connectivity index (χ2v) is 8.06. The molecule has 1 saturated carbocycles. The number of aliphatic hydroxyl groups excluding tert-OH is 1. The molecule has 1 fully saturated rings. The van der Waals surface area contributed by atoms with Gasteiger partial charge in [-0.1, -0.05) is 60.7 Å². The van der Waals surface area contributed by atoms with E-state index in [2.05, 4.69) is 12.1 Å². The average molecular weight is 418 g/mol. The van der Waals surface area contributed by atoms with Crippen molar-refractivity contribution in [1.29, 1.82) is 0 Å². The molecule has 1 heterocycles. The molecule has 4 atom stereocenters. The van der Waals surface area contributed by atoms with Crippen molar-refractivity contribution in [2.75, 3.05) is 21.3 Å². The molecule has 0 radical (unpaired) electrons. The van der Waals surface area contributed by atoms with Crippen LogP contribution in [0.5, 0.6) is 17.2 Å². The van der Waals surface area contributed by atoms with Crippen LogP contribution in [0.25, 0.3) is 0 Å². The van der Waals surface area contributed by atoms with E-state index < -0.39 is 17.3 Å². The minimum atomic E-state index is -1.15. The highest BCUT2D eigenvalue weighted by molar-refractivity contribution is 5.62. The van der Waals surface area contributed by atoms with Gasteiger partial charge in [-0.05, 0) is 17.5 Å². The van der Waals surface area contributed by atoms with Gasteiger partial charge in [-0.2, -0.15) is 0 Å². The Morgan fingerprint density at radius 2 is 1.58 bits per heavy atom. The topological polar surface area (TPSA) is 57.2 Å². The van der Waals surface area contributed by atoms with Gasteiger partial charge >= 0.3 is 0 Å². The van der Waals surface area contributed by atoms with Gasteiger partial charge < -0.3 is 24.1 Å². The van der Waals surface area contributed by atoms with E-state index in [9.17, 15) is 5.11 Å². The Morgan fingerprint density at radius 3 is 2.19 bits per heavy atom. The lowest BCUT2D eigenvalue weighted by Crippen LogP contribution is -2.53. The fourth-order valence-corrected chi connectivity index (χ4v) is 5.63. The number of ether oxygens (including phenoxy) is 4. The Kier molecular flexibility index (Phi) is 4.68. The van der Waals surface area contributed by atoms with Gasteiger partial charge in [0.2, 0.25) is 0 Å². The number of rotatable bonds is 5. The van der Waals surface area contributed by atoms with Crippen LogP contribution in [0.3, 0.4) is 0 Å².